The maximum atomic E-state index is 11.0. The predicted molar refractivity (Wildman–Crippen MR) is 70.6 cm³/mol. The molecule has 2 aromatic carbocycles. The van der Waals surface area contributed by atoms with E-state index in [0.717, 1.165) is 17.1 Å². The first-order valence-corrected chi connectivity index (χ1v) is 5.52. The molecule has 0 amide bonds. The number of benzene rings is 2. The molecule has 0 heterocycles. The minimum absolute atomic E-state index is 0.203. The van der Waals surface area contributed by atoms with Crippen molar-refractivity contribution in [3.63, 3.8) is 0 Å². The van der Waals surface area contributed by atoms with E-state index in [9.17, 15) is 9.59 Å². The largest absolute Gasteiger partial charge is 0.478 e. The monoisotopic (exact) mass is 240 g/mol. The standard InChI is InChI=1S/C15H12O3/c1-10(15(17)18)8-14-12(9-16)7-6-11-4-2-3-5-13(11)14/h2-9H,1H3,(H,17,18). The highest BCUT2D eigenvalue weighted by Crippen LogP contribution is 2.24. The van der Waals surface area contributed by atoms with Crippen LogP contribution in [0.2, 0.25) is 0 Å². The van der Waals surface area contributed by atoms with Crippen molar-refractivity contribution in [2.24, 2.45) is 0 Å². The molecule has 0 bridgehead atoms. The highest BCUT2D eigenvalue weighted by Gasteiger charge is 2.07. The number of hydrogen-bond donors (Lipinski definition) is 1. The zero-order chi connectivity index (χ0) is 13.1. The lowest BCUT2D eigenvalue weighted by Crippen LogP contribution is -1.97. The van der Waals surface area contributed by atoms with Gasteiger partial charge in [-0.2, -0.15) is 0 Å². The molecule has 2 aromatic rings. The Morgan fingerprint density at radius 2 is 1.89 bits per heavy atom. The van der Waals surface area contributed by atoms with Crippen LogP contribution in [0.1, 0.15) is 22.8 Å². The molecular weight excluding hydrogens is 228 g/mol. The zero-order valence-electron chi connectivity index (χ0n) is 9.88. The van der Waals surface area contributed by atoms with Crippen molar-refractivity contribution < 1.29 is 14.7 Å². The van der Waals surface area contributed by atoms with E-state index >= 15 is 0 Å². The van der Waals surface area contributed by atoms with Crippen LogP contribution in [0.25, 0.3) is 16.8 Å². The number of aliphatic carboxylic acids is 1. The Kier molecular flexibility index (Phi) is 3.24. The SMILES string of the molecule is CC(=Cc1c(C=O)ccc2ccccc12)C(=O)O. The summed E-state index contributed by atoms with van der Waals surface area (Å²) >= 11 is 0. The maximum absolute atomic E-state index is 11.0. The first kappa shape index (κ1) is 12.0. The van der Waals surface area contributed by atoms with Crippen molar-refractivity contribution in [3.8, 4) is 0 Å². The highest BCUT2D eigenvalue weighted by molar-refractivity contribution is 6.02. The van der Waals surface area contributed by atoms with E-state index in [1.807, 2.05) is 30.3 Å². The Labute approximate surface area is 104 Å². The maximum Gasteiger partial charge on any atom is 0.331 e. The molecule has 18 heavy (non-hydrogen) atoms. The van der Waals surface area contributed by atoms with Crippen molar-refractivity contribution >= 4 is 29.1 Å². The van der Waals surface area contributed by atoms with Crippen LogP contribution in [0.4, 0.5) is 0 Å². The Morgan fingerprint density at radius 1 is 1.17 bits per heavy atom. The van der Waals surface area contributed by atoms with Crippen LogP contribution >= 0.6 is 0 Å². The van der Waals surface area contributed by atoms with Crippen molar-refractivity contribution in [2.75, 3.05) is 0 Å². The molecule has 0 spiro atoms. The molecule has 0 aliphatic rings. The quantitative estimate of drug-likeness (QED) is 0.662. The summed E-state index contributed by atoms with van der Waals surface area (Å²) in [6.07, 6.45) is 2.28. The molecule has 3 heteroatoms. The third-order valence-electron chi connectivity index (χ3n) is 2.83. The molecule has 3 nitrogen and oxygen atoms in total. The molecule has 0 unspecified atom stereocenters. The molecule has 90 valence electrons. The fraction of sp³-hybridized carbons (Fsp3) is 0.0667. The van der Waals surface area contributed by atoms with E-state index in [1.165, 1.54) is 13.0 Å². The summed E-state index contributed by atoms with van der Waals surface area (Å²) in [5.74, 6) is -0.986. The van der Waals surface area contributed by atoms with Crippen LogP contribution in [0.3, 0.4) is 0 Å². The van der Waals surface area contributed by atoms with E-state index in [2.05, 4.69) is 0 Å². The molecule has 0 aliphatic heterocycles. The third-order valence-corrected chi connectivity index (χ3v) is 2.83. The Morgan fingerprint density at radius 3 is 2.56 bits per heavy atom. The van der Waals surface area contributed by atoms with Crippen molar-refractivity contribution in [3.05, 3.63) is 53.1 Å². The van der Waals surface area contributed by atoms with Gasteiger partial charge in [-0.1, -0.05) is 36.4 Å². The number of carboxylic acid groups (broad SMARTS) is 1. The minimum atomic E-state index is -0.986. The second kappa shape index (κ2) is 4.84. The van der Waals surface area contributed by atoms with Crippen molar-refractivity contribution in [1.82, 2.24) is 0 Å². The highest BCUT2D eigenvalue weighted by atomic mass is 16.4. The van der Waals surface area contributed by atoms with Gasteiger partial charge in [0.1, 0.15) is 0 Å². The molecule has 0 saturated heterocycles. The van der Waals surface area contributed by atoms with Gasteiger partial charge >= 0.3 is 5.97 Å². The average Bonchev–Trinajstić information content (AvgIpc) is 2.39. The molecule has 2 rings (SSSR count). The first-order chi connectivity index (χ1) is 8.63. The van der Waals surface area contributed by atoms with Crippen LogP contribution in [-0.4, -0.2) is 17.4 Å². The fourth-order valence-corrected chi connectivity index (χ4v) is 1.85. The van der Waals surface area contributed by atoms with Gasteiger partial charge in [0.15, 0.2) is 6.29 Å². The fourth-order valence-electron chi connectivity index (χ4n) is 1.85. The van der Waals surface area contributed by atoms with Gasteiger partial charge in [-0.05, 0) is 29.3 Å². The molecule has 0 saturated carbocycles. The normalized spacial score (nSPS) is 11.5. The number of hydrogen-bond acceptors (Lipinski definition) is 2. The average molecular weight is 240 g/mol. The molecule has 0 aliphatic carbocycles. The van der Waals surface area contributed by atoms with Crippen LogP contribution < -0.4 is 0 Å². The smallest absolute Gasteiger partial charge is 0.331 e. The Bertz CT molecular complexity index is 654. The lowest BCUT2D eigenvalue weighted by Gasteiger charge is -2.06. The van der Waals surface area contributed by atoms with Crippen LogP contribution in [0.5, 0.6) is 0 Å². The lowest BCUT2D eigenvalue weighted by molar-refractivity contribution is -0.132. The first-order valence-electron chi connectivity index (χ1n) is 5.52. The summed E-state index contributed by atoms with van der Waals surface area (Å²) in [6, 6.07) is 11.1. The van der Waals surface area contributed by atoms with Crippen molar-refractivity contribution in [2.45, 2.75) is 6.92 Å². The van der Waals surface area contributed by atoms with Gasteiger partial charge in [0, 0.05) is 11.1 Å². The van der Waals surface area contributed by atoms with Gasteiger partial charge in [-0.25, -0.2) is 4.79 Å². The lowest BCUT2D eigenvalue weighted by atomic mass is 9.98. The predicted octanol–water partition coefficient (Wildman–Crippen LogP) is 3.14. The van der Waals surface area contributed by atoms with E-state index in [0.29, 0.717) is 11.1 Å². The van der Waals surface area contributed by atoms with Gasteiger partial charge in [-0.3, -0.25) is 4.79 Å². The molecule has 0 atom stereocenters. The molecule has 0 radical (unpaired) electrons. The zero-order valence-corrected chi connectivity index (χ0v) is 9.88. The second-order valence-corrected chi connectivity index (χ2v) is 4.04. The third kappa shape index (κ3) is 2.15. The Balaban J connectivity index is 2.77. The van der Waals surface area contributed by atoms with Crippen LogP contribution in [0.15, 0.2) is 42.0 Å². The number of carboxylic acids is 1. The summed E-state index contributed by atoms with van der Waals surface area (Å²) in [6.45, 7) is 1.51. The number of fused-ring (bicyclic) bond motifs is 1. The van der Waals surface area contributed by atoms with Gasteiger partial charge < -0.3 is 5.11 Å². The van der Waals surface area contributed by atoms with Gasteiger partial charge in [0.25, 0.3) is 0 Å². The van der Waals surface area contributed by atoms with Gasteiger partial charge in [0.2, 0.25) is 0 Å². The minimum Gasteiger partial charge on any atom is -0.478 e. The van der Waals surface area contributed by atoms with E-state index in [-0.39, 0.29) is 5.57 Å². The summed E-state index contributed by atoms with van der Waals surface area (Å²) in [7, 11) is 0. The summed E-state index contributed by atoms with van der Waals surface area (Å²) < 4.78 is 0. The molecular formula is C15H12O3. The number of aldehydes is 1. The van der Waals surface area contributed by atoms with Crippen LogP contribution in [-0.2, 0) is 4.79 Å². The number of rotatable bonds is 3. The summed E-state index contributed by atoms with van der Waals surface area (Å²) in [4.78, 5) is 21.9. The van der Waals surface area contributed by atoms with Crippen molar-refractivity contribution in [1.29, 1.82) is 0 Å². The summed E-state index contributed by atoms with van der Waals surface area (Å²) in [5, 5.41) is 10.8. The Hall–Kier alpha value is -2.42. The van der Waals surface area contributed by atoms with E-state index < -0.39 is 5.97 Å². The van der Waals surface area contributed by atoms with E-state index in [4.69, 9.17) is 5.11 Å². The number of carbonyl (C=O) groups is 2. The second-order valence-electron chi connectivity index (χ2n) is 4.04. The topological polar surface area (TPSA) is 54.4 Å². The van der Waals surface area contributed by atoms with Gasteiger partial charge in [0.05, 0.1) is 0 Å². The van der Waals surface area contributed by atoms with Crippen LogP contribution in [0, 0.1) is 0 Å². The molecule has 1 N–H and O–H groups in total. The summed E-state index contributed by atoms with van der Waals surface area (Å²) in [5.41, 5.74) is 1.35. The van der Waals surface area contributed by atoms with E-state index in [1.54, 1.807) is 6.07 Å². The number of carbonyl (C=O) groups excluding carboxylic acids is 1. The molecule has 0 aromatic heterocycles. The molecule has 0 fully saturated rings. The van der Waals surface area contributed by atoms with Gasteiger partial charge in [-0.15, -0.1) is 0 Å².